The molecule has 4 aliphatic rings. The highest BCUT2D eigenvalue weighted by Crippen LogP contribution is 2.55. The maximum atomic E-state index is 12.0. The second kappa shape index (κ2) is 3.44. The highest BCUT2D eigenvalue weighted by Gasteiger charge is 2.57. The third kappa shape index (κ3) is 1.63. The lowest BCUT2D eigenvalue weighted by Gasteiger charge is -2.54. The molecule has 4 bridgehead atoms. The predicted molar refractivity (Wildman–Crippen MR) is 62.2 cm³/mol. The largest absolute Gasteiger partial charge is 0.456 e. The highest BCUT2D eigenvalue weighted by atomic mass is 16.6. The normalized spacial score (nSPS) is 42.6. The van der Waals surface area contributed by atoms with Crippen molar-refractivity contribution in [3.63, 3.8) is 0 Å². The van der Waals surface area contributed by atoms with Crippen LogP contribution in [0.3, 0.4) is 0 Å². The summed E-state index contributed by atoms with van der Waals surface area (Å²) in [5.74, 6) is 1.02. The zero-order valence-corrected chi connectivity index (χ0v) is 10.2. The van der Waals surface area contributed by atoms with Crippen molar-refractivity contribution < 1.29 is 14.3 Å². The zero-order chi connectivity index (χ0) is 12.2. The molecular weight excluding hydrogens is 216 g/mol. The molecule has 0 N–H and O–H groups in total. The van der Waals surface area contributed by atoms with Gasteiger partial charge in [0.2, 0.25) is 0 Å². The van der Waals surface area contributed by atoms with E-state index in [-0.39, 0.29) is 23.4 Å². The average molecular weight is 234 g/mol. The molecule has 3 heteroatoms. The number of carbonyl (C=O) groups is 2. The molecule has 0 aromatic carbocycles. The van der Waals surface area contributed by atoms with Gasteiger partial charge in [-0.3, -0.25) is 4.79 Å². The molecular formula is C14H18O3. The minimum absolute atomic E-state index is 0.152. The quantitative estimate of drug-likeness (QED) is 0.543. The molecule has 4 saturated carbocycles. The summed E-state index contributed by atoms with van der Waals surface area (Å²) in [5.41, 5.74) is 0.104. The van der Waals surface area contributed by atoms with Crippen molar-refractivity contribution in [1.29, 1.82) is 0 Å². The molecule has 3 nitrogen and oxygen atoms in total. The first kappa shape index (κ1) is 11.0. The van der Waals surface area contributed by atoms with Gasteiger partial charge in [-0.1, -0.05) is 6.58 Å². The summed E-state index contributed by atoms with van der Waals surface area (Å²) in [6.07, 6.45) is 4.48. The van der Waals surface area contributed by atoms with Crippen LogP contribution in [0, 0.1) is 17.8 Å². The van der Waals surface area contributed by atoms with Crippen LogP contribution in [0.5, 0.6) is 0 Å². The van der Waals surface area contributed by atoms with Crippen molar-refractivity contribution in [2.75, 3.05) is 0 Å². The molecule has 2 unspecified atom stereocenters. The van der Waals surface area contributed by atoms with Crippen LogP contribution in [0.1, 0.15) is 39.0 Å². The second-order valence-electron chi connectivity index (χ2n) is 6.10. The Morgan fingerprint density at radius 2 is 1.88 bits per heavy atom. The molecule has 4 rings (SSSR count). The number of rotatable bonds is 2. The van der Waals surface area contributed by atoms with E-state index in [0.29, 0.717) is 17.3 Å². The Hall–Kier alpha value is -1.12. The second-order valence-corrected chi connectivity index (χ2v) is 6.10. The number of carbonyl (C=O) groups excluding carboxylic acids is 2. The molecule has 0 spiro atoms. The lowest BCUT2D eigenvalue weighted by atomic mass is 9.53. The first-order valence-electron chi connectivity index (χ1n) is 6.42. The van der Waals surface area contributed by atoms with Gasteiger partial charge in [-0.2, -0.15) is 0 Å². The summed E-state index contributed by atoms with van der Waals surface area (Å²) in [4.78, 5) is 23.7. The van der Waals surface area contributed by atoms with Gasteiger partial charge in [0, 0.05) is 17.4 Å². The molecule has 4 aliphatic carbocycles. The summed E-state index contributed by atoms with van der Waals surface area (Å²) in [7, 11) is 0. The number of hydrogen-bond donors (Lipinski definition) is 0. The minimum Gasteiger partial charge on any atom is -0.456 e. The maximum absolute atomic E-state index is 12.0. The van der Waals surface area contributed by atoms with Crippen LogP contribution in [0.15, 0.2) is 12.2 Å². The van der Waals surface area contributed by atoms with E-state index in [2.05, 4.69) is 6.58 Å². The Balaban J connectivity index is 1.83. The maximum Gasteiger partial charge on any atom is 0.333 e. The molecule has 0 aromatic rings. The van der Waals surface area contributed by atoms with Crippen molar-refractivity contribution in [3.05, 3.63) is 12.2 Å². The van der Waals surface area contributed by atoms with E-state index < -0.39 is 0 Å². The van der Waals surface area contributed by atoms with E-state index in [0.717, 1.165) is 32.1 Å². The first-order valence-corrected chi connectivity index (χ1v) is 6.42. The fraction of sp³-hybridized carbons (Fsp3) is 0.714. The monoisotopic (exact) mass is 234 g/mol. The third-order valence-electron chi connectivity index (χ3n) is 4.60. The number of hydrogen-bond acceptors (Lipinski definition) is 3. The molecule has 4 fully saturated rings. The van der Waals surface area contributed by atoms with E-state index in [1.165, 1.54) is 0 Å². The Morgan fingerprint density at radius 3 is 2.41 bits per heavy atom. The number of Topliss-reactive ketones (excluding diaryl/α,β-unsaturated/α-hetero) is 1. The average Bonchev–Trinajstić information content (AvgIpc) is 2.23. The predicted octanol–water partition coefficient (Wildman–Crippen LogP) is 2.25. The van der Waals surface area contributed by atoms with Gasteiger partial charge in [-0.15, -0.1) is 0 Å². The van der Waals surface area contributed by atoms with Gasteiger partial charge in [0.25, 0.3) is 0 Å². The minimum atomic E-state index is -0.347. The van der Waals surface area contributed by atoms with Crippen LogP contribution in [0.4, 0.5) is 0 Å². The highest BCUT2D eigenvalue weighted by molar-refractivity contribution is 5.88. The topological polar surface area (TPSA) is 43.4 Å². The summed E-state index contributed by atoms with van der Waals surface area (Å²) >= 11 is 0. The van der Waals surface area contributed by atoms with Crippen molar-refractivity contribution in [2.45, 2.75) is 44.6 Å². The van der Waals surface area contributed by atoms with Gasteiger partial charge in [0.1, 0.15) is 11.4 Å². The van der Waals surface area contributed by atoms with Gasteiger partial charge < -0.3 is 4.74 Å². The van der Waals surface area contributed by atoms with E-state index in [1.807, 2.05) is 0 Å². The Morgan fingerprint density at radius 1 is 1.29 bits per heavy atom. The third-order valence-corrected chi connectivity index (χ3v) is 4.60. The van der Waals surface area contributed by atoms with Crippen LogP contribution in [0.25, 0.3) is 0 Å². The fourth-order valence-electron chi connectivity index (χ4n) is 4.08. The number of ketones is 1. The van der Waals surface area contributed by atoms with Gasteiger partial charge in [-0.05, 0) is 44.9 Å². The van der Waals surface area contributed by atoms with Gasteiger partial charge in [0.15, 0.2) is 0 Å². The molecule has 0 radical (unpaired) electrons. The molecule has 0 heterocycles. The Kier molecular flexibility index (Phi) is 2.22. The first-order chi connectivity index (χ1) is 7.99. The zero-order valence-electron chi connectivity index (χ0n) is 10.2. The lowest BCUT2D eigenvalue weighted by molar-refractivity contribution is -0.186. The summed E-state index contributed by atoms with van der Waals surface area (Å²) in [6.45, 7) is 5.30. The van der Waals surface area contributed by atoms with Gasteiger partial charge in [0.05, 0.1) is 0 Å². The summed E-state index contributed by atoms with van der Waals surface area (Å²) in [5, 5.41) is 0. The van der Waals surface area contributed by atoms with Crippen LogP contribution >= 0.6 is 0 Å². The van der Waals surface area contributed by atoms with E-state index in [9.17, 15) is 9.59 Å². The van der Waals surface area contributed by atoms with E-state index >= 15 is 0 Å². The molecule has 92 valence electrons. The Labute approximate surface area is 101 Å². The standard InChI is InChI=1S/C14H18O3/c1-8(2)13(16)17-14-5-9-3-10(6-14)12(15)11(4-9)7-14/h9-11H,1,3-7H2,2H3. The lowest BCUT2D eigenvalue weighted by Crippen LogP contribution is -2.56. The molecule has 17 heavy (non-hydrogen) atoms. The molecule has 2 atom stereocenters. The van der Waals surface area contributed by atoms with Crippen molar-refractivity contribution in [3.8, 4) is 0 Å². The number of esters is 1. The van der Waals surface area contributed by atoms with Crippen molar-refractivity contribution >= 4 is 11.8 Å². The Bertz CT molecular complexity index is 392. The molecule has 0 aromatic heterocycles. The van der Waals surface area contributed by atoms with Gasteiger partial charge in [-0.25, -0.2) is 4.79 Å². The van der Waals surface area contributed by atoms with Crippen LogP contribution in [-0.2, 0) is 14.3 Å². The van der Waals surface area contributed by atoms with Crippen molar-refractivity contribution in [1.82, 2.24) is 0 Å². The van der Waals surface area contributed by atoms with Gasteiger partial charge >= 0.3 is 5.97 Å². The summed E-state index contributed by atoms with van der Waals surface area (Å²) in [6, 6.07) is 0. The van der Waals surface area contributed by atoms with E-state index in [4.69, 9.17) is 4.74 Å². The molecule has 0 aliphatic heterocycles. The SMILES string of the molecule is C=C(C)C(=O)OC12CC3CC(C1)C(=O)C(C3)C2. The van der Waals surface area contributed by atoms with Crippen LogP contribution < -0.4 is 0 Å². The smallest absolute Gasteiger partial charge is 0.333 e. The van der Waals surface area contributed by atoms with Crippen LogP contribution in [0.2, 0.25) is 0 Å². The fourth-order valence-corrected chi connectivity index (χ4v) is 4.08. The van der Waals surface area contributed by atoms with Crippen molar-refractivity contribution in [2.24, 2.45) is 17.8 Å². The summed E-state index contributed by atoms with van der Waals surface area (Å²) < 4.78 is 5.67. The van der Waals surface area contributed by atoms with E-state index in [1.54, 1.807) is 6.92 Å². The molecule has 0 saturated heterocycles. The number of ether oxygens (including phenoxy) is 1. The van der Waals surface area contributed by atoms with Crippen LogP contribution in [-0.4, -0.2) is 17.4 Å². The molecule has 0 amide bonds.